The van der Waals surface area contributed by atoms with Crippen LogP contribution < -0.4 is 10.6 Å². The van der Waals surface area contributed by atoms with E-state index in [4.69, 9.17) is 21.8 Å². The van der Waals surface area contributed by atoms with Crippen LogP contribution in [0.15, 0.2) is 24.3 Å². The number of aliphatic hydroxyl groups excluding tert-OH is 1. The number of hydrogen-bond acceptors (Lipinski definition) is 4. The molecule has 0 heterocycles. The molecule has 0 aliphatic heterocycles. The normalized spacial score (nSPS) is 11.5. The predicted molar refractivity (Wildman–Crippen MR) is 70.4 cm³/mol. The molecule has 1 atom stereocenters. The molecule has 0 aliphatic rings. The Labute approximate surface area is 119 Å². The number of aliphatic hydroxyl groups is 1. The summed E-state index contributed by atoms with van der Waals surface area (Å²) in [6.07, 6.45) is 0. The van der Waals surface area contributed by atoms with Gasteiger partial charge < -0.3 is 20.8 Å². The van der Waals surface area contributed by atoms with E-state index < -0.39 is 37.0 Å². The Kier molecular flexibility index (Phi) is 5.95. The Hall–Kier alpha value is -2.12. The fourth-order valence-electron chi connectivity index (χ4n) is 1.32. The van der Waals surface area contributed by atoms with Gasteiger partial charge in [0.15, 0.2) is 0 Å². The summed E-state index contributed by atoms with van der Waals surface area (Å²) >= 11 is 5.72. The summed E-state index contributed by atoms with van der Waals surface area (Å²) in [6.45, 7) is -1.14. The van der Waals surface area contributed by atoms with Crippen LogP contribution in [0.2, 0.25) is 5.02 Å². The van der Waals surface area contributed by atoms with E-state index in [2.05, 4.69) is 10.6 Å². The first-order chi connectivity index (χ1) is 9.43. The molecule has 8 heteroatoms. The van der Waals surface area contributed by atoms with E-state index >= 15 is 0 Å². The van der Waals surface area contributed by atoms with E-state index in [1.807, 2.05) is 0 Å². The van der Waals surface area contributed by atoms with Crippen molar-refractivity contribution in [2.24, 2.45) is 0 Å². The van der Waals surface area contributed by atoms with Crippen molar-refractivity contribution in [1.82, 2.24) is 10.6 Å². The Bertz CT molecular complexity index is 520. The van der Waals surface area contributed by atoms with Gasteiger partial charge in [-0.25, -0.2) is 4.79 Å². The average Bonchev–Trinajstić information content (AvgIpc) is 2.41. The highest BCUT2D eigenvalue weighted by atomic mass is 35.5. The van der Waals surface area contributed by atoms with Crippen molar-refractivity contribution in [3.05, 3.63) is 34.9 Å². The number of benzene rings is 1. The van der Waals surface area contributed by atoms with Crippen LogP contribution in [0, 0.1) is 0 Å². The first-order valence-corrected chi connectivity index (χ1v) is 5.98. The van der Waals surface area contributed by atoms with Gasteiger partial charge in [-0.2, -0.15) is 0 Å². The molecule has 1 aromatic rings. The SMILES string of the molecule is O=C(CNC(=O)c1cccc(Cl)c1)N[C@@H](CO)C(=O)O. The number of carboxylic acid groups (broad SMARTS) is 1. The monoisotopic (exact) mass is 300 g/mol. The Morgan fingerprint density at radius 2 is 2.00 bits per heavy atom. The van der Waals surface area contributed by atoms with Crippen molar-refractivity contribution >= 4 is 29.4 Å². The van der Waals surface area contributed by atoms with Crippen LogP contribution in [0.4, 0.5) is 0 Å². The molecule has 20 heavy (non-hydrogen) atoms. The van der Waals surface area contributed by atoms with E-state index in [0.717, 1.165) is 0 Å². The number of amides is 2. The van der Waals surface area contributed by atoms with Crippen LogP contribution in [0.3, 0.4) is 0 Å². The Morgan fingerprint density at radius 1 is 1.30 bits per heavy atom. The minimum Gasteiger partial charge on any atom is -0.480 e. The van der Waals surface area contributed by atoms with Gasteiger partial charge in [0.25, 0.3) is 5.91 Å². The van der Waals surface area contributed by atoms with E-state index in [1.54, 1.807) is 12.1 Å². The summed E-state index contributed by atoms with van der Waals surface area (Å²) in [6, 6.07) is 4.74. The molecule has 0 aliphatic carbocycles. The van der Waals surface area contributed by atoms with Gasteiger partial charge in [0.2, 0.25) is 5.91 Å². The molecule has 0 saturated carbocycles. The second-order valence-corrected chi connectivity index (χ2v) is 4.27. The highest BCUT2D eigenvalue weighted by molar-refractivity contribution is 6.30. The number of aliphatic carboxylic acids is 1. The topological polar surface area (TPSA) is 116 Å². The molecule has 0 saturated heterocycles. The highest BCUT2D eigenvalue weighted by Gasteiger charge is 2.18. The molecule has 2 amide bonds. The molecule has 0 spiro atoms. The number of hydrogen-bond donors (Lipinski definition) is 4. The zero-order chi connectivity index (χ0) is 15.1. The van der Waals surface area contributed by atoms with Crippen molar-refractivity contribution in [2.45, 2.75) is 6.04 Å². The van der Waals surface area contributed by atoms with E-state index in [9.17, 15) is 14.4 Å². The number of carboxylic acids is 1. The van der Waals surface area contributed by atoms with E-state index in [-0.39, 0.29) is 5.56 Å². The fraction of sp³-hybridized carbons (Fsp3) is 0.250. The van der Waals surface area contributed by atoms with Crippen molar-refractivity contribution in [3.63, 3.8) is 0 Å². The second-order valence-electron chi connectivity index (χ2n) is 3.83. The second kappa shape index (κ2) is 7.46. The van der Waals surface area contributed by atoms with Crippen LogP contribution in [0.25, 0.3) is 0 Å². The summed E-state index contributed by atoms with van der Waals surface area (Å²) in [5, 5.41) is 22.1. The quantitative estimate of drug-likeness (QED) is 0.572. The maximum atomic E-state index is 11.7. The van der Waals surface area contributed by atoms with Crippen molar-refractivity contribution < 1.29 is 24.6 Å². The number of carbonyl (C=O) groups is 3. The molecule has 1 aromatic carbocycles. The lowest BCUT2D eigenvalue weighted by Crippen LogP contribution is -2.47. The number of rotatable bonds is 6. The van der Waals surface area contributed by atoms with Gasteiger partial charge in [0.1, 0.15) is 6.04 Å². The summed E-state index contributed by atoms with van der Waals surface area (Å²) in [7, 11) is 0. The molecule has 108 valence electrons. The van der Waals surface area contributed by atoms with E-state index in [1.165, 1.54) is 12.1 Å². The lowest BCUT2D eigenvalue weighted by Gasteiger charge is -2.12. The molecule has 0 aromatic heterocycles. The third-order valence-corrected chi connectivity index (χ3v) is 2.55. The van der Waals surface area contributed by atoms with Crippen LogP contribution in [0.1, 0.15) is 10.4 Å². The molecule has 0 unspecified atom stereocenters. The first-order valence-electron chi connectivity index (χ1n) is 5.61. The predicted octanol–water partition coefficient (Wildman–Crippen LogP) is -0.369. The van der Waals surface area contributed by atoms with Gasteiger partial charge in [-0.05, 0) is 18.2 Å². The van der Waals surface area contributed by atoms with Crippen molar-refractivity contribution in [3.8, 4) is 0 Å². The third-order valence-electron chi connectivity index (χ3n) is 2.31. The zero-order valence-corrected chi connectivity index (χ0v) is 11.1. The van der Waals surface area contributed by atoms with E-state index in [0.29, 0.717) is 5.02 Å². The minimum absolute atomic E-state index is 0.280. The highest BCUT2D eigenvalue weighted by Crippen LogP contribution is 2.10. The minimum atomic E-state index is -1.40. The largest absolute Gasteiger partial charge is 0.480 e. The maximum absolute atomic E-state index is 11.7. The van der Waals surface area contributed by atoms with Crippen LogP contribution in [-0.2, 0) is 9.59 Å². The Morgan fingerprint density at radius 3 is 2.55 bits per heavy atom. The summed E-state index contributed by atoms with van der Waals surface area (Å²) in [5.41, 5.74) is 0.280. The van der Waals surface area contributed by atoms with Crippen molar-refractivity contribution in [2.75, 3.05) is 13.2 Å². The van der Waals surface area contributed by atoms with Gasteiger partial charge in [0, 0.05) is 10.6 Å². The van der Waals surface area contributed by atoms with Crippen molar-refractivity contribution in [1.29, 1.82) is 0 Å². The lowest BCUT2D eigenvalue weighted by atomic mass is 10.2. The number of carbonyl (C=O) groups excluding carboxylic acids is 2. The van der Waals surface area contributed by atoms with Crippen LogP contribution in [-0.4, -0.2) is 47.2 Å². The average molecular weight is 301 g/mol. The molecular formula is C12H13ClN2O5. The first kappa shape index (κ1) is 15.9. The molecule has 0 fully saturated rings. The molecule has 1 rings (SSSR count). The van der Waals surface area contributed by atoms with Gasteiger partial charge in [-0.15, -0.1) is 0 Å². The summed E-state index contributed by atoms with van der Waals surface area (Å²) in [5.74, 6) is -2.60. The molecule has 7 nitrogen and oxygen atoms in total. The van der Waals surface area contributed by atoms with Crippen LogP contribution >= 0.6 is 11.6 Å². The zero-order valence-electron chi connectivity index (χ0n) is 10.3. The number of halogens is 1. The number of nitrogens with one attached hydrogen (secondary N) is 2. The summed E-state index contributed by atoms with van der Waals surface area (Å²) in [4.78, 5) is 33.7. The van der Waals surface area contributed by atoms with Crippen LogP contribution in [0.5, 0.6) is 0 Å². The fourth-order valence-corrected chi connectivity index (χ4v) is 1.51. The molecular weight excluding hydrogens is 288 g/mol. The molecule has 0 radical (unpaired) electrons. The smallest absolute Gasteiger partial charge is 0.328 e. The standard InChI is InChI=1S/C12H13ClN2O5/c13-8-3-1-2-7(4-8)11(18)14-5-10(17)15-9(6-16)12(19)20/h1-4,9,16H,5-6H2,(H,14,18)(H,15,17)(H,19,20)/t9-/m0/s1. The van der Waals surface area contributed by atoms with Gasteiger partial charge >= 0.3 is 5.97 Å². The maximum Gasteiger partial charge on any atom is 0.328 e. The molecule has 4 N–H and O–H groups in total. The van der Waals surface area contributed by atoms with Gasteiger partial charge in [0.05, 0.1) is 13.2 Å². The lowest BCUT2D eigenvalue weighted by molar-refractivity contribution is -0.142. The third kappa shape index (κ3) is 4.87. The van der Waals surface area contributed by atoms with Gasteiger partial charge in [-0.1, -0.05) is 17.7 Å². The Balaban J connectivity index is 2.49. The van der Waals surface area contributed by atoms with Gasteiger partial charge in [-0.3, -0.25) is 9.59 Å². The molecule has 0 bridgehead atoms. The summed E-state index contributed by atoms with van der Waals surface area (Å²) < 4.78 is 0.